The van der Waals surface area contributed by atoms with Gasteiger partial charge in [0.2, 0.25) is 0 Å². The third-order valence-corrected chi connectivity index (χ3v) is 3.70. The summed E-state index contributed by atoms with van der Waals surface area (Å²) in [6.45, 7) is 2.19. The van der Waals surface area contributed by atoms with Gasteiger partial charge in [0.15, 0.2) is 12.4 Å². The lowest BCUT2D eigenvalue weighted by Crippen LogP contribution is -2.32. The van der Waals surface area contributed by atoms with Gasteiger partial charge in [0, 0.05) is 19.2 Å². The van der Waals surface area contributed by atoms with Crippen molar-refractivity contribution in [3.8, 4) is 0 Å². The molecule has 3 rings (SSSR count). The molecular weight excluding hydrogens is 272 g/mol. The number of benzene rings is 1. The predicted molar refractivity (Wildman–Crippen MR) is 76.1 cm³/mol. The van der Waals surface area contributed by atoms with E-state index in [0.29, 0.717) is 12.4 Å². The Morgan fingerprint density at radius 1 is 1.43 bits per heavy atom. The Kier molecular flexibility index (Phi) is 3.17. The minimum absolute atomic E-state index is 0.0729. The molecule has 0 N–H and O–H groups in total. The maximum absolute atomic E-state index is 12.5. The molecule has 108 valence electrons. The van der Waals surface area contributed by atoms with E-state index < -0.39 is 4.92 Å². The molecule has 7 nitrogen and oxygen atoms in total. The van der Waals surface area contributed by atoms with Gasteiger partial charge in [-0.15, -0.1) is 0 Å². The molecule has 1 amide bonds. The number of nitrogens with zero attached hydrogens (tertiary/aromatic N) is 4. The molecule has 1 aromatic heterocycles. The molecule has 0 atom stereocenters. The molecule has 2 aromatic rings. The minimum atomic E-state index is -0.523. The van der Waals surface area contributed by atoms with Gasteiger partial charge < -0.3 is 15.0 Å². The molecule has 0 unspecified atom stereocenters. The molecule has 21 heavy (non-hydrogen) atoms. The second-order valence-corrected chi connectivity index (χ2v) is 4.93. The van der Waals surface area contributed by atoms with E-state index in [1.54, 1.807) is 11.8 Å². The van der Waals surface area contributed by atoms with Crippen LogP contribution in [-0.4, -0.2) is 26.9 Å². The van der Waals surface area contributed by atoms with Crippen molar-refractivity contribution in [2.24, 2.45) is 0 Å². The first-order valence-electron chi connectivity index (χ1n) is 6.62. The van der Waals surface area contributed by atoms with Gasteiger partial charge in [-0.05, 0) is 23.0 Å². The smallest absolute Gasteiger partial charge is 0.343 e. The number of anilines is 1. The zero-order valence-electron chi connectivity index (χ0n) is 11.5. The highest BCUT2D eigenvalue weighted by atomic mass is 16.6. The van der Waals surface area contributed by atoms with Crippen molar-refractivity contribution in [3.63, 3.8) is 0 Å². The number of nitro groups is 1. The SMILES string of the molecule is Cc1ncc([N+](=O)[O-])n1CC(=O)N1CCc2ccccc21. The van der Waals surface area contributed by atoms with E-state index >= 15 is 0 Å². The van der Waals surface area contributed by atoms with Gasteiger partial charge in [-0.25, -0.2) is 9.55 Å². The van der Waals surface area contributed by atoms with Gasteiger partial charge >= 0.3 is 5.82 Å². The van der Waals surface area contributed by atoms with Crippen LogP contribution in [0.5, 0.6) is 0 Å². The highest BCUT2D eigenvalue weighted by Crippen LogP contribution is 2.28. The van der Waals surface area contributed by atoms with Gasteiger partial charge in [0.05, 0.1) is 0 Å². The van der Waals surface area contributed by atoms with E-state index in [2.05, 4.69) is 4.98 Å². The number of hydrogen-bond acceptors (Lipinski definition) is 4. The highest BCUT2D eigenvalue weighted by molar-refractivity contribution is 5.95. The van der Waals surface area contributed by atoms with Crippen molar-refractivity contribution >= 4 is 17.4 Å². The lowest BCUT2D eigenvalue weighted by molar-refractivity contribution is -0.392. The molecule has 0 aliphatic carbocycles. The standard InChI is InChI=1S/C14H14N4O3/c1-10-15-8-13(18(20)21)17(10)9-14(19)16-7-6-11-4-2-3-5-12(11)16/h2-5,8H,6-7,9H2,1H3. The van der Waals surface area contributed by atoms with E-state index in [9.17, 15) is 14.9 Å². The second-order valence-electron chi connectivity index (χ2n) is 4.93. The van der Waals surface area contributed by atoms with Gasteiger partial charge in [-0.3, -0.25) is 4.79 Å². The molecule has 7 heteroatoms. The fourth-order valence-electron chi connectivity index (χ4n) is 2.62. The van der Waals surface area contributed by atoms with Crippen molar-refractivity contribution in [1.82, 2.24) is 9.55 Å². The van der Waals surface area contributed by atoms with Crippen molar-refractivity contribution in [1.29, 1.82) is 0 Å². The third-order valence-electron chi connectivity index (χ3n) is 3.70. The number of para-hydroxylation sites is 1. The fourth-order valence-corrected chi connectivity index (χ4v) is 2.62. The Morgan fingerprint density at radius 2 is 2.19 bits per heavy atom. The van der Waals surface area contributed by atoms with E-state index in [4.69, 9.17) is 0 Å². The molecule has 0 saturated carbocycles. The van der Waals surface area contributed by atoms with Crippen LogP contribution in [0.3, 0.4) is 0 Å². The van der Waals surface area contributed by atoms with E-state index in [0.717, 1.165) is 17.7 Å². The van der Waals surface area contributed by atoms with Gasteiger partial charge in [-0.1, -0.05) is 18.2 Å². The van der Waals surface area contributed by atoms with Crippen LogP contribution >= 0.6 is 0 Å². The second kappa shape index (κ2) is 5.01. The summed E-state index contributed by atoms with van der Waals surface area (Å²) in [6, 6.07) is 7.72. The van der Waals surface area contributed by atoms with Crippen LogP contribution in [0.15, 0.2) is 30.5 Å². The summed E-state index contributed by atoms with van der Waals surface area (Å²) < 4.78 is 1.34. The van der Waals surface area contributed by atoms with Crippen LogP contribution in [0.4, 0.5) is 11.5 Å². The fraction of sp³-hybridized carbons (Fsp3) is 0.286. The van der Waals surface area contributed by atoms with Crippen molar-refractivity contribution < 1.29 is 9.72 Å². The lowest BCUT2D eigenvalue weighted by atomic mass is 10.2. The number of aryl methyl sites for hydroxylation is 1. The van der Waals surface area contributed by atoms with Crippen LogP contribution in [0.25, 0.3) is 0 Å². The van der Waals surface area contributed by atoms with Crippen LogP contribution in [0.1, 0.15) is 11.4 Å². The molecule has 1 aliphatic heterocycles. The first kappa shape index (κ1) is 13.3. The molecule has 0 saturated heterocycles. The largest absolute Gasteiger partial charge is 0.358 e. The van der Waals surface area contributed by atoms with Crippen molar-refractivity contribution in [2.45, 2.75) is 19.9 Å². The Hall–Kier alpha value is -2.70. The zero-order chi connectivity index (χ0) is 15.0. The Morgan fingerprint density at radius 3 is 2.95 bits per heavy atom. The number of amides is 1. The molecule has 0 bridgehead atoms. The maximum Gasteiger partial charge on any atom is 0.343 e. The highest BCUT2D eigenvalue weighted by Gasteiger charge is 2.28. The minimum Gasteiger partial charge on any atom is -0.358 e. The summed E-state index contributed by atoms with van der Waals surface area (Å²) in [5.74, 6) is 0.139. The van der Waals surface area contributed by atoms with E-state index in [-0.39, 0.29) is 18.3 Å². The summed E-state index contributed by atoms with van der Waals surface area (Å²) in [4.78, 5) is 28.5. The van der Waals surface area contributed by atoms with Crippen LogP contribution in [-0.2, 0) is 17.8 Å². The van der Waals surface area contributed by atoms with Gasteiger partial charge in [-0.2, -0.15) is 0 Å². The molecule has 1 aromatic carbocycles. The Bertz CT molecular complexity index is 723. The summed E-state index contributed by atoms with van der Waals surface area (Å²) in [5.41, 5.74) is 2.02. The number of carbonyl (C=O) groups excluding carboxylic acids is 1. The number of rotatable bonds is 3. The summed E-state index contributed by atoms with van der Waals surface area (Å²) in [6.07, 6.45) is 1.99. The number of aromatic nitrogens is 2. The average Bonchev–Trinajstić information content (AvgIpc) is 3.03. The molecule has 0 fully saturated rings. The van der Waals surface area contributed by atoms with Crippen LogP contribution < -0.4 is 4.90 Å². The molecule has 1 aliphatic rings. The van der Waals surface area contributed by atoms with Gasteiger partial charge in [0.1, 0.15) is 6.20 Å². The normalized spacial score (nSPS) is 13.3. The molecule has 0 spiro atoms. The third kappa shape index (κ3) is 2.26. The number of hydrogen-bond donors (Lipinski definition) is 0. The lowest BCUT2D eigenvalue weighted by Gasteiger charge is -2.16. The summed E-state index contributed by atoms with van der Waals surface area (Å²) in [7, 11) is 0. The zero-order valence-corrected chi connectivity index (χ0v) is 11.5. The summed E-state index contributed by atoms with van der Waals surface area (Å²) >= 11 is 0. The first-order valence-corrected chi connectivity index (χ1v) is 6.62. The van der Waals surface area contributed by atoms with E-state index in [1.165, 1.54) is 10.8 Å². The Labute approximate surface area is 121 Å². The van der Waals surface area contributed by atoms with Gasteiger partial charge in [0.25, 0.3) is 5.91 Å². The van der Waals surface area contributed by atoms with Crippen molar-refractivity contribution in [3.05, 3.63) is 52.0 Å². The average molecular weight is 286 g/mol. The topological polar surface area (TPSA) is 81.3 Å². The first-order chi connectivity index (χ1) is 10.1. The number of fused-ring (bicyclic) bond motifs is 1. The monoisotopic (exact) mass is 286 g/mol. The molecule has 0 radical (unpaired) electrons. The predicted octanol–water partition coefficient (Wildman–Crippen LogP) is 1.69. The Balaban J connectivity index is 1.86. The van der Waals surface area contributed by atoms with Crippen LogP contribution in [0.2, 0.25) is 0 Å². The molecule has 2 heterocycles. The quantitative estimate of drug-likeness (QED) is 0.635. The summed E-state index contributed by atoms with van der Waals surface area (Å²) in [5, 5.41) is 11.0. The van der Waals surface area contributed by atoms with Crippen LogP contribution in [0, 0.1) is 17.0 Å². The number of carbonyl (C=O) groups is 1. The molecular formula is C14H14N4O3. The maximum atomic E-state index is 12.5. The van der Waals surface area contributed by atoms with E-state index in [1.807, 2.05) is 24.3 Å². The van der Waals surface area contributed by atoms with Crippen molar-refractivity contribution in [2.75, 3.05) is 11.4 Å². The number of imidazole rings is 1.